The number of hydrogen-bond acceptors (Lipinski definition) is 9. The molecule has 0 radical (unpaired) electrons. The summed E-state index contributed by atoms with van der Waals surface area (Å²) in [5.41, 5.74) is 2.27. The van der Waals surface area contributed by atoms with Gasteiger partial charge in [0.2, 0.25) is 10.9 Å². The van der Waals surface area contributed by atoms with Gasteiger partial charge < -0.3 is 14.7 Å². The molecule has 0 aliphatic rings. The lowest BCUT2D eigenvalue weighted by atomic mass is 10.0. The van der Waals surface area contributed by atoms with Crippen LogP contribution in [0.5, 0.6) is 11.5 Å². The number of rotatable bonds is 5. The summed E-state index contributed by atoms with van der Waals surface area (Å²) < 4.78 is 5.99. The molecule has 2 aromatic carbocycles. The summed E-state index contributed by atoms with van der Waals surface area (Å²) >= 11 is 2.72. The number of anilines is 1. The van der Waals surface area contributed by atoms with Crippen LogP contribution in [-0.4, -0.2) is 37.7 Å². The zero-order valence-electron chi connectivity index (χ0n) is 14.5. The molecule has 1 amide bonds. The van der Waals surface area contributed by atoms with Crippen molar-refractivity contribution in [1.29, 1.82) is 0 Å². The number of carbonyl (C=O) groups excluding carboxylic acids is 1. The topological polar surface area (TPSA) is 121 Å². The molecular weight excluding hydrogens is 400 g/mol. The van der Waals surface area contributed by atoms with Crippen molar-refractivity contribution in [3.63, 3.8) is 0 Å². The molecule has 0 saturated heterocycles. The van der Waals surface area contributed by atoms with Crippen LogP contribution < -0.4 is 5.32 Å². The lowest BCUT2D eigenvalue weighted by Gasteiger charge is -2.04. The van der Waals surface area contributed by atoms with Gasteiger partial charge in [-0.1, -0.05) is 40.4 Å². The monoisotopic (exact) mass is 414 g/mol. The number of carbonyl (C=O) groups is 1. The molecule has 0 aliphatic heterocycles. The Labute approximate surface area is 167 Å². The van der Waals surface area contributed by atoms with E-state index >= 15 is 0 Å². The third-order valence-corrected chi connectivity index (χ3v) is 5.81. The van der Waals surface area contributed by atoms with Gasteiger partial charge in [0.1, 0.15) is 5.52 Å². The number of phenols is 2. The van der Waals surface area contributed by atoms with Gasteiger partial charge in [0.25, 0.3) is 5.91 Å². The minimum absolute atomic E-state index is 0.0892. The largest absolute Gasteiger partial charge is 0.504 e. The third kappa shape index (κ3) is 3.64. The Hall–Kier alpha value is -3.11. The smallest absolute Gasteiger partial charge is 0.296 e. The summed E-state index contributed by atoms with van der Waals surface area (Å²) in [4.78, 5) is 12.6. The molecule has 0 spiro atoms. The predicted octanol–water partition coefficient (Wildman–Crippen LogP) is 3.66. The van der Waals surface area contributed by atoms with E-state index in [1.807, 2.05) is 18.4 Å². The van der Waals surface area contributed by atoms with E-state index in [1.54, 1.807) is 12.1 Å². The molecule has 2 aromatic heterocycles. The first-order valence-electron chi connectivity index (χ1n) is 8.11. The van der Waals surface area contributed by atoms with Gasteiger partial charge in [0.05, 0.1) is 5.39 Å². The number of nitrogens with one attached hydrogen (secondary N) is 1. The minimum Gasteiger partial charge on any atom is -0.504 e. The molecule has 0 fully saturated rings. The third-order valence-electron chi connectivity index (χ3n) is 4.00. The fourth-order valence-electron chi connectivity index (χ4n) is 2.67. The molecule has 2 heterocycles. The van der Waals surface area contributed by atoms with Crippen LogP contribution in [0.4, 0.5) is 5.13 Å². The number of hydrogen-bond donors (Lipinski definition) is 3. The first-order chi connectivity index (χ1) is 13.5. The number of nitrogens with zero attached hydrogens (tertiary/aromatic N) is 3. The molecule has 0 atom stereocenters. The Kier molecular flexibility index (Phi) is 4.88. The average Bonchev–Trinajstić information content (AvgIpc) is 3.31. The number of amides is 1. The van der Waals surface area contributed by atoms with Gasteiger partial charge in [-0.3, -0.25) is 10.1 Å². The van der Waals surface area contributed by atoms with E-state index in [1.165, 1.54) is 35.2 Å². The van der Waals surface area contributed by atoms with Crippen molar-refractivity contribution < 1.29 is 19.5 Å². The molecule has 28 heavy (non-hydrogen) atoms. The van der Waals surface area contributed by atoms with Gasteiger partial charge in [-0.2, -0.15) is 0 Å². The molecular formula is C18H14N4O4S2. The van der Waals surface area contributed by atoms with E-state index in [4.69, 9.17) is 4.52 Å². The Bertz CT molecular complexity index is 1170. The highest BCUT2D eigenvalue weighted by Gasteiger charge is 2.19. The van der Waals surface area contributed by atoms with Crippen LogP contribution in [-0.2, 0) is 6.42 Å². The number of thioether (sulfide) groups is 1. The fourth-order valence-corrected chi connectivity index (χ4v) is 3.84. The second kappa shape index (κ2) is 7.49. The van der Waals surface area contributed by atoms with Crippen molar-refractivity contribution in [3.05, 3.63) is 53.3 Å². The van der Waals surface area contributed by atoms with Crippen molar-refractivity contribution in [2.45, 2.75) is 10.8 Å². The van der Waals surface area contributed by atoms with Crippen LogP contribution in [0.15, 0.2) is 45.3 Å². The molecule has 0 saturated carbocycles. The number of fused-ring (bicyclic) bond motifs is 1. The molecule has 4 aromatic rings. The van der Waals surface area contributed by atoms with E-state index in [2.05, 4.69) is 20.7 Å². The maximum atomic E-state index is 12.6. The van der Waals surface area contributed by atoms with Crippen molar-refractivity contribution in [2.24, 2.45) is 0 Å². The SMILES string of the molecule is CSc1nnc(NC(=O)c2onc3ccc(Cc4ccc(O)c(O)c4)cc23)s1. The molecule has 4 rings (SSSR count). The summed E-state index contributed by atoms with van der Waals surface area (Å²) in [5, 5.41) is 34.5. The lowest BCUT2D eigenvalue weighted by Crippen LogP contribution is -2.11. The highest BCUT2D eigenvalue weighted by atomic mass is 32.2. The maximum absolute atomic E-state index is 12.6. The van der Waals surface area contributed by atoms with Crippen LogP contribution in [0.3, 0.4) is 0 Å². The van der Waals surface area contributed by atoms with Gasteiger partial charge in [0.15, 0.2) is 15.8 Å². The molecule has 3 N–H and O–H groups in total. The predicted molar refractivity (Wildman–Crippen MR) is 106 cm³/mol. The molecule has 142 valence electrons. The van der Waals surface area contributed by atoms with E-state index in [0.29, 0.717) is 22.5 Å². The first-order valence-corrected chi connectivity index (χ1v) is 10.2. The van der Waals surface area contributed by atoms with Crippen LogP contribution in [0.2, 0.25) is 0 Å². The second-order valence-corrected chi connectivity index (χ2v) is 7.93. The minimum atomic E-state index is -0.453. The second-order valence-electron chi connectivity index (χ2n) is 5.89. The van der Waals surface area contributed by atoms with E-state index < -0.39 is 5.91 Å². The Balaban J connectivity index is 1.60. The van der Waals surface area contributed by atoms with Crippen molar-refractivity contribution >= 4 is 45.0 Å². The van der Waals surface area contributed by atoms with Crippen LogP contribution in [0, 0.1) is 0 Å². The van der Waals surface area contributed by atoms with Gasteiger partial charge in [-0.15, -0.1) is 10.2 Å². The fraction of sp³-hybridized carbons (Fsp3) is 0.111. The van der Waals surface area contributed by atoms with Gasteiger partial charge in [-0.25, -0.2) is 0 Å². The van der Waals surface area contributed by atoms with Crippen molar-refractivity contribution in [1.82, 2.24) is 15.4 Å². The first kappa shape index (κ1) is 18.3. The van der Waals surface area contributed by atoms with Crippen molar-refractivity contribution in [2.75, 3.05) is 11.6 Å². The molecule has 8 nitrogen and oxygen atoms in total. The Morgan fingerprint density at radius 2 is 1.93 bits per heavy atom. The van der Waals surface area contributed by atoms with Gasteiger partial charge in [0, 0.05) is 0 Å². The summed E-state index contributed by atoms with van der Waals surface area (Å²) in [7, 11) is 0. The van der Waals surface area contributed by atoms with Crippen LogP contribution in [0.1, 0.15) is 21.7 Å². The maximum Gasteiger partial charge on any atom is 0.296 e. The normalized spacial score (nSPS) is 11.0. The summed E-state index contributed by atoms with van der Waals surface area (Å²) in [6.45, 7) is 0. The van der Waals surface area contributed by atoms with Crippen LogP contribution >= 0.6 is 23.1 Å². The Morgan fingerprint density at radius 1 is 1.14 bits per heavy atom. The summed E-state index contributed by atoms with van der Waals surface area (Å²) in [6, 6.07) is 10.1. The number of aromatic nitrogens is 3. The summed E-state index contributed by atoms with van der Waals surface area (Å²) in [5.74, 6) is -0.708. The van der Waals surface area contributed by atoms with E-state index in [9.17, 15) is 15.0 Å². The highest BCUT2D eigenvalue weighted by Crippen LogP contribution is 2.28. The summed E-state index contributed by atoms with van der Waals surface area (Å²) in [6.07, 6.45) is 2.38. The zero-order valence-corrected chi connectivity index (χ0v) is 16.2. The zero-order chi connectivity index (χ0) is 19.7. The molecule has 0 unspecified atom stereocenters. The van der Waals surface area contributed by atoms with Gasteiger partial charge >= 0.3 is 0 Å². The van der Waals surface area contributed by atoms with E-state index in [0.717, 1.165) is 15.5 Å². The number of aromatic hydroxyl groups is 2. The average molecular weight is 414 g/mol. The lowest BCUT2D eigenvalue weighted by molar-refractivity contribution is 0.0990. The van der Waals surface area contributed by atoms with Gasteiger partial charge in [-0.05, 0) is 48.1 Å². The quantitative estimate of drug-likeness (QED) is 0.257. The molecule has 0 aliphatic carbocycles. The molecule has 0 bridgehead atoms. The van der Waals surface area contributed by atoms with Crippen LogP contribution in [0.25, 0.3) is 10.9 Å². The standard InChI is InChI=1S/C18H14N4O4S2/c1-27-18-21-20-17(28-18)19-16(25)15-11-7-9(2-4-12(11)22-26-15)6-10-3-5-13(23)14(24)8-10/h2-5,7-8,23-24H,6H2,1H3,(H,19,20,25). The number of benzene rings is 2. The van der Waals surface area contributed by atoms with E-state index in [-0.39, 0.29) is 17.3 Å². The number of phenolic OH excluding ortho intramolecular Hbond substituents is 2. The Morgan fingerprint density at radius 3 is 2.68 bits per heavy atom. The molecule has 10 heteroatoms. The van der Waals surface area contributed by atoms with Crippen molar-refractivity contribution in [3.8, 4) is 11.5 Å². The highest BCUT2D eigenvalue weighted by molar-refractivity contribution is 8.00.